The number of benzene rings is 1. The fraction of sp³-hybridized carbons (Fsp3) is 0.481. The summed E-state index contributed by atoms with van der Waals surface area (Å²) in [7, 11) is -1.61. The number of piperazine rings is 1. The number of nitrogens with zero attached hydrogens (tertiary/aromatic N) is 8. The van der Waals surface area contributed by atoms with E-state index in [1.165, 1.54) is 10.9 Å². The van der Waals surface area contributed by atoms with Crippen LogP contribution in [0.5, 0.6) is 0 Å². The number of carbonyl (C=O) groups is 2. The van der Waals surface area contributed by atoms with Gasteiger partial charge in [-0.1, -0.05) is 16.8 Å². The van der Waals surface area contributed by atoms with E-state index in [9.17, 15) is 18.0 Å². The second-order valence-corrected chi connectivity index (χ2v) is 13.1. The highest BCUT2D eigenvalue weighted by molar-refractivity contribution is 7.90. The number of carbonyl (C=O) groups excluding carboxylic acids is 2. The molecule has 17 heteroatoms. The molecule has 2 saturated heterocycles. The van der Waals surface area contributed by atoms with Gasteiger partial charge in [-0.25, -0.2) is 13.1 Å². The molecule has 44 heavy (non-hydrogen) atoms. The lowest BCUT2D eigenvalue weighted by Crippen LogP contribution is -2.44. The fourth-order valence-corrected chi connectivity index (χ4v) is 5.69. The molecule has 0 bridgehead atoms. The highest BCUT2D eigenvalue weighted by Gasteiger charge is 2.23. The van der Waals surface area contributed by atoms with Crippen molar-refractivity contribution in [3.8, 4) is 5.69 Å². The van der Waals surface area contributed by atoms with Gasteiger partial charge in [0.2, 0.25) is 0 Å². The van der Waals surface area contributed by atoms with E-state index in [2.05, 4.69) is 45.8 Å². The second-order valence-electron chi connectivity index (χ2n) is 10.7. The Morgan fingerprint density at radius 2 is 1.75 bits per heavy atom. The first-order chi connectivity index (χ1) is 21.1. The summed E-state index contributed by atoms with van der Waals surface area (Å²) in [5, 5.41) is 20.9. The Labute approximate surface area is 260 Å². The third-order valence-electron chi connectivity index (χ3n) is 7.42. The third-order valence-corrected chi connectivity index (χ3v) is 8.67. The van der Waals surface area contributed by atoms with Crippen molar-refractivity contribution in [1.82, 2.24) is 40.3 Å². The van der Waals surface area contributed by atoms with Crippen LogP contribution in [0.25, 0.3) is 5.69 Å². The molecule has 2 aliphatic heterocycles. The molecule has 15 nitrogen and oxygen atoms in total. The van der Waals surface area contributed by atoms with E-state index in [1.54, 1.807) is 6.07 Å². The number of nitrogens with one attached hydrogen (secondary N) is 2. The van der Waals surface area contributed by atoms with Crippen LogP contribution in [0.3, 0.4) is 0 Å². The van der Waals surface area contributed by atoms with Crippen molar-refractivity contribution in [1.29, 1.82) is 0 Å². The lowest BCUT2D eigenvalue weighted by molar-refractivity contribution is 0.0374. The molecule has 3 aromatic rings. The van der Waals surface area contributed by atoms with Crippen LogP contribution in [-0.2, 0) is 14.6 Å². The maximum Gasteiger partial charge on any atom is 0.277 e. The van der Waals surface area contributed by atoms with Gasteiger partial charge in [0, 0.05) is 52.1 Å². The van der Waals surface area contributed by atoms with Crippen LogP contribution in [-0.4, -0.2) is 134 Å². The molecule has 236 valence electrons. The van der Waals surface area contributed by atoms with Crippen LogP contribution < -0.4 is 15.5 Å². The Kier molecular flexibility index (Phi) is 10.1. The summed E-state index contributed by atoms with van der Waals surface area (Å²) in [6.45, 7) is 7.81. The van der Waals surface area contributed by atoms with Gasteiger partial charge in [0.15, 0.2) is 26.3 Å². The van der Waals surface area contributed by atoms with Crippen LogP contribution in [0, 0.1) is 0 Å². The number of hydrogen-bond acceptors (Lipinski definition) is 12. The maximum absolute atomic E-state index is 13.3. The lowest BCUT2D eigenvalue weighted by Gasteiger charge is -2.35. The van der Waals surface area contributed by atoms with Gasteiger partial charge in [0.1, 0.15) is 0 Å². The van der Waals surface area contributed by atoms with E-state index in [4.69, 9.17) is 16.3 Å². The first kappa shape index (κ1) is 31.7. The second kappa shape index (κ2) is 13.9. The predicted molar refractivity (Wildman–Crippen MR) is 163 cm³/mol. The highest BCUT2D eigenvalue weighted by Crippen LogP contribution is 2.30. The minimum atomic E-state index is -3.66. The van der Waals surface area contributed by atoms with Crippen molar-refractivity contribution in [3.63, 3.8) is 0 Å². The zero-order chi connectivity index (χ0) is 31.3. The van der Waals surface area contributed by atoms with E-state index in [0.29, 0.717) is 17.9 Å². The number of anilines is 2. The zero-order valence-electron chi connectivity index (χ0n) is 24.6. The van der Waals surface area contributed by atoms with Crippen molar-refractivity contribution >= 4 is 44.6 Å². The van der Waals surface area contributed by atoms with Gasteiger partial charge < -0.3 is 25.2 Å². The minimum absolute atomic E-state index is 0.146. The molecule has 0 unspecified atom stereocenters. The molecular formula is C27H35ClN10O5S. The number of sulfone groups is 1. The number of aromatic nitrogens is 5. The van der Waals surface area contributed by atoms with Crippen LogP contribution >= 0.6 is 11.6 Å². The van der Waals surface area contributed by atoms with Crippen LogP contribution in [0.2, 0.25) is 5.02 Å². The van der Waals surface area contributed by atoms with Gasteiger partial charge >= 0.3 is 0 Å². The summed E-state index contributed by atoms with van der Waals surface area (Å²) in [6, 6.07) is 6.51. The Hall–Kier alpha value is -3.70. The molecule has 0 radical (unpaired) electrons. The summed E-state index contributed by atoms with van der Waals surface area (Å²) in [4.78, 5) is 32.7. The Bertz CT molecular complexity index is 1600. The molecule has 0 spiro atoms. The van der Waals surface area contributed by atoms with E-state index < -0.39 is 15.7 Å². The summed E-state index contributed by atoms with van der Waals surface area (Å²) in [6.07, 6.45) is 3.31. The van der Waals surface area contributed by atoms with Gasteiger partial charge in [-0.15, -0.1) is 15.3 Å². The van der Waals surface area contributed by atoms with E-state index in [0.717, 1.165) is 83.5 Å². The topological polar surface area (TPSA) is 168 Å². The number of rotatable bonds is 10. The van der Waals surface area contributed by atoms with E-state index >= 15 is 0 Å². The quantitative estimate of drug-likeness (QED) is 0.294. The maximum atomic E-state index is 13.3. The van der Waals surface area contributed by atoms with Crippen LogP contribution in [0.4, 0.5) is 11.4 Å². The average molecular weight is 647 g/mol. The highest BCUT2D eigenvalue weighted by atomic mass is 35.5. The first-order valence-corrected chi connectivity index (χ1v) is 16.5. The summed E-state index contributed by atoms with van der Waals surface area (Å²) < 4.78 is 30.5. The molecule has 2 fully saturated rings. The first-order valence-electron chi connectivity index (χ1n) is 14.2. The van der Waals surface area contributed by atoms with E-state index in [-0.39, 0.29) is 27.3 Å². The van der Waals surface area contributed by atoms with Crippen molar-refractivity contribution in [3.05, 3.63) is 46.9 Å². The normalized spacial score (nSPS) is 16.6. The van der Waals surface area contributed by atoms with Gasteiger partial charge in [-0.05, 0) is 44.3 Å². The minimum Gasteiger partial charge on any atom is -0.379 e. The summed E-state index contributed by atoms with van der Waals surface area (Å²) in [5.74, 6) is -0.989. The molecule has 1 aromatic carbocycles. The zero-order valence-corrected chi connectivity index (χ0v) is 26.1. The van der Waals surface area contributed by atoms with Crippen molar-refractivity contribution < 1.29 is 22.7 Å². The van der Waals surface area contributed by atoms with Crippen molar-refractivity contribution in [2.75, 3.05) is 89.1 Å². The van der Waals surface area contributed by atoms with Gasteiger partial charge in [0.05, 0.1) is 41.5 Å². The third kappa shape index (κ3) is 7.87. The smallest absolute Gasteiger partial charge is 0.277 e. The number of amides is 2. The van der Waals surface area contributed by atoms with Gasteiger partial charge in [-0.3, -0.25) is 14.5 Å². The lowest BCUT2D eigenvalue weighted by atomic mass is 10.2. The van der Waals surface area contributed by atoms with Crippen LogP contribution in [0.1, 0.15) is 27.4 Å². The number of likely N-dealkylation sites (N-methyl/N-ethyl adjacent to an activating group) is 1. The molecule has 2 aliphatic rings. The average Bonchev–Trinajstić information content (AvgIpc) is 3.50. The number of hydrogen-bond donors (Lipinski definition) is 2. The summed E-state index contributed by atoms with van der Waals surface area (Å²) in [5.41, 5.74) is 1.72. The Balaban J connectivity index is 1.32. The molecule has 2 aromatic heterocycles. The Morgan fingerprint density at radius 3 is 2.45 bits per heavy atom. The van der Waals surface area contributed by atoms with Gasteiger partial charge in [-0.2, -0.15) is 0 Å². The molecule has 2 N–H and O–H groups in total. The molecule has 0 saturated carbocycles. The molecule has 2 amide bonds. The summed E-state index contributed by atoms with van der Waals surface area (Å²) >= 11 is 6.23. The molecule has 4 heterocycles. The van der Waals surface area contributed by atoms with Crippen molar-refractivity contribution in [2.24, 2.45) is 0 Å². The number of ether oxygens (including phenoxy) is 1. The van der Waals surface area contributed by atoms with Crippen molar-refractivity contribution in [2.45, 2.75) is 11.4 Å². The molecule has 0 atom stereocenters. The SMILES string of the molecule is CN1CCN(c2ccc(-n3cc(C(=O)NCCCN4CCOCC4)nn3)cc2NC(=O)c2nnc(S(C)(=O)=O)cc2Cl)CC1. The fourth-order valence-electron chi connectivity index (χ4n) is 4.87. The standard InChI is InChI=1S/C27H35ClN10O5S/c1-35-8-10-37(11-9-35)23-5-4-19(16-21(23)30-27(40)25-20(28)17-24(32-33-25)44(2,41)42)38-18-22(31-34-38)26(39)29-6-3-7-36-12-14-43-15-13-36/h4-5,16-18H,3,6-15H2,1-2H3,(H,29,39)(H,30,40). The van der Waals surface area contributed by atoms with E-state index in [1.807, 2.05) is 19.2 Å². The Morgan fingerprint density at radius 1 is 1.00 bits per heavy atom. The van der Waals surface area contributed by atoms with Crippen LogP contribution in [0.15, 0.2) is 35.5 Å². The predicted octanol–water partition coefficient (Wildman–Crippen LogP) is 0.570. The molecule has 0 aliphatic carbocycles. The monoisotopic (exact) mass is 646 g/mol. The van der Waals surface area contributed by atoms with Gasteiger partial charge in [0.25, 0.3) is 11.8 Å². The number of halogens is 1. The molecule has 5 rings (SSSR count). The molecular weight excluding hydrogens is 612 g/mol. The number of morpholine rings is 1. The largest absolute Gasteiger partial charge is 0.379 e.